The van der Waals surface area contributed by atoms with Crippen LogP contribution in [0.2, 0.25) is 0 Å². The van der Waals surface area contributed by atoms with Crippen molar-refractivity contribution in [1.82, 2.24) is 20.2 Å². The maximum absolute atomic E-state index is 12.2. The van der Waals surface area contributed by atoms with Gasteiger partial charge in [0.15, 0.2) is 0 Å². The van der Waals surface area contributed by atoms with Crippen molar-refractivity contribution in [3.05, 3.63) is 69.3 Å². The summed E-state index contributed by atoms with van der Waals surface area (Å²) in [6.07, 6.45) is 4.57. The number of carbonyl (C=O) groups is 1. The minimum absolute atomic E-state index is 0.00214. The molecule has 0 unspecified atom stereocenters. The van der Waals surface area contributed by atoms with Gasteiger partial charge >= 0.3 is 0 Å². The zero-order valence-electron chi connectivity index (χ0n) is 18.5. The first-order valence-electron chi connectivity index (χ1n) is 11.3. The van der Waals surface area contributed by atoms with Gasteiger partial charge < -0.3 is 15.0 Å². The number of ether oxygens (including phenoxy) is 1. The minimum atomic E-state index is -0.119. The number of hydrogen-bond acceptors (Lipinski definition) is 5. The Balaban J connectivity index is 1.17. The summed E-state index contributed by atoms with van der Waals surface area (Å²) in [5, 5.41) is 4.02. The monoisotopic (exact) mass is 432 g/mol. The molecule has 0 radical (unpaired) electrons. The van der Waals surface area contributed by atoms with Crippen LogP contribution in [0.4, 0.5) is 0 Å². The fraction of sp³-hybridized carbons (Fsp3) is 0.400. The first-order chi connectivity index (χ1) is 15.5. The molecule has 7 nitrogen and oxygen atoms in total. The van der Waals surface area contributed by atoms with Crippen LogP contribution in [0.15, 0.2) is 41.3 Å². The predicted molar refractivity (Wildman–Crippen MR) is 123 cm³/mol. The number of pyridine rings is 2. The van der Waals surface area contributed by atoms with Crippen molar-refractivity contribution >= 4 is 16.8 Å². The molecule has 7 heteroatoms. The van der Waals surface area contributed by atoms with E-state index in [4.69, 9.17) is 4.74 Å². The van der Waals surface area contributed by atoms with E-state index < -0.39 is 0 Å². The molecule has 2 aliphatic rings. The predicted octanol–water partition coefficient (Wildman–Crippen LogP) is 2.95. The van der Waals surface area contributed by atoms with Gasteiger partial charge in [-0.25, -0.2) is 4.98 Å². The molecule has 1 saturated heterocycles. The van der Waals surface area contributed by atoms with Gasteiger partial charge in [-0.05, 0) is 60.9 Å². The number of rotatable bonds is 7. The molecule has 3 heterocycles. The maximum atomic E-state index is 12.2. The summed E-state index contributed by atoms with van der Waals surface area (Å²) < 4.78 is 6.00. The van der Waals surface area contributed by atoms with E-state index in [9.17, 15) is 9.59 Å². The first kappa shape index (κ1) is 20.7. The molecule has 1 aromatic carbocycles. The Morgan fingerprint density at radius 2 is 2.03 bits per heavy atom. The zero-order chi connectivity index (χ0) is 22.2. The topological polar surface area (TPSA) is 87.3 Å². The van der Waals surface area contributed by atoms with Crippen molar-refractivity contribution in [2.45, 2.75) is 51.8 Å². The first-order valence-corrected chi connectivity index (χ1v) is 11.3. The van der Waals surface area contributed by atoms with E-state index in [-0.39, 0.29) is 17.6 Å². The third kappa shape index (κ3) is 4.25. The number of carbonyl (C=O) groups excluding carboxylic acids is 1. The normalized spacial score (nSPS) is 16.7. The van der Waals surface area contributed by atoms with E-state index in [2.05, 4.69) is 39.2 Å². The number of fused-ring (bicyclic) bond motifs is 1. The van der Waals surface area contributed by atoms with Crippen molar-refractivity contribution in [2.75, 3.05) is 13.1 Å². The van der Waals surface area contributed by atoms with Crippen molar-refractivity contribution in [1.29, 1.82) is 0 Å². The molecule has 2 fully saturated rings. The summed E-state index contributed by atoms with van der Waals surface area (Å²) >= 11 is 0. The standard InChI is InChI=1S/C25H28N4O3/c1-3-16-10-17-4-5-18(15(2)23(17)28-24(16)30)12-29-13-21(14-29)32-20-8-9-22(26-11-20)25(31)27-19-6-7-19/h4-5,8-11,19,21H,3,6-7,12-14H2,1-2H3,(H,27,31)(H,28,30). The van der Waals surface area contributed by atoms with E-state index in [0.29, 0.717) is 17.5 Å². The Kier molecular flexibility index (Phi) is 5.43. The van der Waals surface area contributed by atoms with Crippen LogP contribution in [0.3, 0.4) is 0 Å². The van der Waals surface area contributed by atoms with Gasteiger partial charge in [0, 0.05) is 31.2 Å². The molecular weight excluding hydrogens is 404 g/mol. The average molecular weight is 433 g/mol. The molecule has 0 spiro atoms. The molecule has 1 aliphatic heterocycles. The molecule has 3 aromatic rings. The zero-order valence-corrected chi connectivity index (χ0v) is 18.5. The highest BCUT2D eigenvalue weighted by atomic mass is 16.5. The lowest BCUT2D eigenvalue weighted by Crippen LogP contribution is -2.53. The van der Waals surface area contributed by atoms with Crippen molar-refractivity contribution < 1.29 is 9.53 Å². The maximum Gasteiger partial charge on any atom is 0.270 e. The van der Waals surface area contributed by atoms with Gasteiger partial charge in [-0.2, -0.15) is 0 Å². The third-order valence-corrected chi connectivity index (χ3v) is 6.35. The van der Waals surface area contributed by atoms with Crippen LogP contribution in [-0.4, -0.2) is 46.0 Å². The highest BCUT2D eigenvalue weighted by Crippen LogP contribution is 2.25. The van der Waals surface area contributed by atoms with E-state index in [1.54, 1.807) is 12.3 Å². The Labute approximate surface area is 186 Å². The Hall–Kier alpha value is -3.19. The Morgan fingerprint density at radius 1 is 1.22 bits per heavy atom. The molecule has 2 N–H and O–H groups in total. The minimum Gasteiger partial charge on any atom is -0.486 e. The highest BCUT2D eigenvalue weighted by Gasteiger charge is 2.29. The van der Waals surface area contributed by atoms with Crippen molar-refractivity contribution in [2.24, 2.45) is 0 Å². The summed E-state index contributed by atoms with van der Waals surface area (Å²) in [6, 6.07) is 10.1. The fourth-order valence-corrected chi connectivity index (χ4v) is 4.17. The highest BCUT2D eigenvalue weighted by molar-refractivity contribution is 5.92. The van der Waals surface area contributed by atoms with E-state index in [1.807, 2.05) is 19.1 Å². The quantitative estimate of drug-likeness (QED) is 0.599. The number of likely N-dealkylation sites (tertiary alicyclic amines) is 1. The van der Waals surface area contributed by atoms with E-state index in [1.165, 1.54) is 5.56 Å². The van der Waals surface area contributed by atoms with Crippen LogP contribution in [0.1, 0.15) is 46.9 Å². The van der Waals surface area contributed by atoms with Crippen LogP contribution in [-0.2, 0) is 13.0 Å². The van der Waals surface area contributed by atoms with Gasteiger partial charge in [-0.3, -0.25) is 14.5 Å². The summed E-state index contributed by atoms with van der Waals surface area (Å²) in [7, 11) is 0. The van der Waals surface area contributed by atoms with Gasteiger partial charge in [0.2, 0.25) is 0 Å². The van der Waals surface area contributed by atoms with Gasteiger partial charge in [0.25, 0.3) is 11.5 Å². The molecule has 0 atom stereocenters. The Morgan fingerprint density at radius 3 is 2.72 bits per heavy atom. The largest absolute Gasteiger partial charge is 0.486 e. The number of hydrogen-bond donors (Lipinski definition) is 2. The molecule has 1 saturated carbocycles. The van der Waals surface area contributed by atoms with Gasteiger partial charge in [0.05, 0.1) is 11.7 Å². The van der Waals surface area contributed by atoms with Gasteiger partial charge in [0.1, 0.15) is 17.5 Å². The molecule has 1 amide bonds. The van der Waals surface area contributed by atoms with Crippen LogP contribution in [0.25, 0.3) is 10.9 Å². The summed E-state index contributed by atoms with van der Waals surface area (Å²) in [4.78, 5) is 33.9. The van der Waals surface area contributed by atoms with Gasteiger partial charge in [-0.15, -0.1) is 0 Å². The molecular formula is C25H28N4O3. The third-order valence-electron chi connectivity index (χ3n) is 6.35. The second kappa shape index (κ2) is 8.39. The lowest BCUT2D eigenvalue weighted by molar-refractivity contribution is 0.0142. The second-order valence-electron chi connectivity index (χ2n) is 8.85. The number of aromatic nitrogens is 2. The summed E-state index contributed by atoms with van der Waals surface area (Å²) in [5.41, 5.74) is 4.51. The fourth-order valence-electron chi connectivity index (χ4n) is 4.17. The molecule has 5 rings (SSSR count). The molecule has 0 bridgehead atoms. The number of aromatic amines is 1. The molecule has 2 aromatic heterocycles. The van der Waals surface area contributed by atoms with Gasteiger partial charge in [-0.1, -0.05) is 19.1 Å². The number of nitrogens with zero attached hydrogens (tertiary/aromatic N) is 2. The number of benzene rings is 1. The van der Waals surface area contributed by atoms with Crippen LogP contribution < -0.4 is 15.6 Å². The SMILES string of the molecule is CCc1cc2ccc(CN3CC(Oc4ccc(C(=O)NC5CC5)nc4)C3)c(C)c2[nH]c1=O. The summed E-state index contributed by atoms with van der Waals surface area (Å²) in [5.74, 6) is 0.565. The van der Waals surface area contributed by atoms with Crippen LogP contribution >= 0.6 is 0 Å². The summed E-state index contributed by atoms with van der Waals surface area (Å²) in [6.45, 7) is 6.53. The smallest absolute Gasteiger partial charge is 0.270 e. The van der Waals surface area contributed by atoms with Crippen molar-refractivity contribution in [3.8, 4) is 5.75 Å². The Bertz CT molecular complexity index is 1210. The average Bonchev–Trinajstić information content (AvgIpc) is 3.58. The number of aryl methyl sites for hydroxylation is 2. The van der Waals surface area contributed by atoms with Crippen LogP contribution in [0.5, 0.6) is 5.75 Å². The van der Waals surface area contributed by atoms with Crippen LogP contribution in [0, 0.1) is 6.92 Å². The number of amides is 1. The molecule has 166 valence electrons. The lowest BCUT2D eigenvalue weighted by Gasteiger charge is -2.39. The van der Waals surface area contributed by atoms with Crippen molar-refractivity contribution in [3.63, 3.8) is 0 Å². The molecule has 1 aliphatic carbocycles. The molecule has 32 heavy (non-hydrogen) atoms. The number of nitrogens with one attached hydrogen (secondary N) is 2. The lowest BCUT2D eigenvalue weighted by atomic mass is 10.0. The number of H-pyrrole nitrogens is 1. The van der Waals surface area contributed by atoms with E-state index >= 15 is 0 Å². The second-order valence-corrected chi connectivity index (χ2v) is 8.85. The van der Waals surface area contributed by atoms with E-state index in [0.717, 1.165) is 60.9 Å².